The Kier molecular flexibility index (Phi) is 4.62. The van der Waals surface area contributed by atoms with Gasteiger partial charge in [0.15, 0.2) is 0 Å². The molecule has 0 spiro atoms. The summed E-state index contributed by atoms with van der Waals surface area (Å²) < 4.78 is 5.51. The number of anilines is 1. The van der Waals surface area contributed by atoms with Crippen LogP contribution in [0.2, 0.25) is 0 Å². The van der Waals surface area contributed by atoms with Crippen LogP contribution < -0.4 is 4.90 Å². The first kappa shape index (κ1) is 16.7. The minimum atomic E-state index is 0.754. The number of rotatable bonds is 4. The zero-order valence-corrected chi connectivity index (χ0v) is 15.1. The van der Waals surface area contributed by atoms with Crippen molar-refractivity contribution in [2.75, 3.05) is 37.6 Å². The maximum absolute atomic E-state index is 5.51. The van der Waals surface area contributed by atoms with E-state index in [4.69, 9.17) is 9.40 Å². The third-order valence-electron chi connectivity index (χ3n) is 4.83. The minimum absolute atomic E-state index is 0.754. The fraction of sp³-hybridized carbons (Fsp3) is 0.368. The van der Waals surface area contributed by atoms with Crippen molar-refractivity contribution in [2.24, 2.45) is 0 Å². The molecule has 1 fully saturated rings. The second-order valence-electron chi connectivity index (χ2n) is 6.33. The molecular weight excluding hydrogens is 328 g/mol. The predicted octanol–water partition coefficient (Wildman–Crippen LogP) is 2.64. The molecule has 3 aromatic rings. The van der Waals surface area contributed by atoms with E-state index in [1.807, 2.05) is 19.2 Å². The first-order valence-corrected chi connectivity index (χ1v) is 8.91. The Morgan fingerprint density at radius 2 is 1.88 bits per heavy atom. The summed E-state index contributed by atoms with van der Waals surface area (Å²) >= 11 is 0. The summed E-state index contributed by atoms with van der Waals surface area (Å²) in [6, 6.07) is 1.94. The van der Waals surface area contributed by atoms with Gasteiger partial charge in [-0.25, -0.2) is 9.97 Å². The largest absolute Gasteiger partial charge is 0.469 e. The maximum atomic E-state index is 5.51. The van der Waals surface area contributed by atoms with E-state index in [-0.39, 0.29) is 0 Å². The van der Waals surface area contributed by atoms with Crippen molar-refractivity contribution in [3.05, 3.63) is 42.9 Å². The third-order valence-corrected chi connectivity index (χ3v) is 4.83. The van der Waals surface area contributed by atoms with E-state index in [1.54, 1.807) is 24.9 Å². The standard InChI is InChI=1S/C19H22N6O/c1-3-24-7-9-25(10-8-24)19-22-12-16(17-13-20-5-6-21-17)18(23-19)15-4-11-26-14(15)2/h4-6,11-13H,3,7-10H2,1-2H3. The fourth-order valence-corrected chi connectivity index (χ4v) is 3.25. The first-order valence-electron chi connectivity index (χ1n) is 8.91. The van der Waals surface area contributed by atoms with Gasteiger partial charge in [0.2, 0.25) is 5.95 Å². The summed E-state index contributed by atoms with van der Waals surface area (Å²) in [6.07, 6.45) is 8.61. The van der Waals surface area contributed by atoms with Gasteiger partial charge in [0.1, 0.15) is 5.76 Å². The van der Waals surface area contributed by atoms with Gasteiger partial charge in [0, 0.05) is 55.9 Å². The van der Waals surface area contributed by atoms with E-state index in [1.165, 1.54) is 0 Å². The zero-order valence-electron chi connectivity index (χ0n) is 15.1. The van der Waals surface area contributed by atoms with Gasteiger partial charge in [0.05, 0.1) is 23.8 Å². The van der Waals surface area contributed by atoms with E-state index < -0.39 is 0 Å². The van der Waals surface area contributed by atoms with Gasteiger partial charge < -0.3 is 14.2 Å². The number of hydrogen-bond acceptors (Lipinski definition) is 7. The average Bonchev–Trinajstić information content (AvgIpc) is 3.14. The molecule has 134 valence electrons. The van der Waals surface area contributed by atoms with Gasteiger partial charge in [-0.15, -0.1) is 0 Å². The van der Waals surface area contributed by atoms with Crippen molar-refractivity contribution >= 4 is 5.95 Å². The molecule has 1 saturated heterocycles. The second-order valence-corrected chi connectivity index (χ2v) is 6.33. The molecule has 0 aliphatic carbocycles. The Hall–Kier alpha value is -2.80. The second kappa shape index (κ2) is 7.21. The van der Waals surface area contributed by atoms with Crippen LogP contribution in [-0.2, 0) is 0 Å². The number of likely N-dealkylation sites (N-methyl/N-ethyl adjacent to an activating group) is 1. The Bertz CT molecular complexity index is 871. The lowest BCUT2D eigenvalue weighted by atomic mass is 10.1. The molecule has 0 aromatic carbocycles. The molecule has 1 aliphatic heterocycles. The normalized spacial score (nSPS) is 15.4. The monoisotopic (exact) mass is 350 g/mol. The lowest BCUT2D eigenvalue weighted by Gasteiger charge is -2.34. The van der Waals surface area contributed by atoms with Crippen LogP contribution in [0.25, 0.3) is 22.5 Å². The van der Waals surface area contributed by atoms with Crippen LogP contribution >= 0.6 is 0 Å². The highest BCUT2D eigenvalue weighted by atomic mass is 16.3. The topological polar surface area (TPSA) is 71.2 Å². The van der Waals surface area contributed by atoms with E-state index in [2.05, 4.69) is 31.7 Å². The molecule has 7 nitrogen and oxygen atoms in total. The molecule has 0 saturated carbocycles. The van der Waals surface area contributed by atoms with Crippen molar-refractivity contribution in [2.45, 2.75) is 13.8 Å². The Balaban J connectivity index is 1.74. The van der Waals surface area contributed by atoms with Gasteiger partial charge in [0.25, 0.3) is 0 Å². The molecule has 7 heteroatoms. The van der Waals surface area contributed by atoms with Crippen molar-refractivity contribution in [3.8, 4) is 22.5 Å². The summed E-state index contributed by atoms with van der Waals surface area (Å²) in [5, 5.41) is 0. The number of nitrogens with zero attached hydrogens (tertiary/aromatic N) is 6. The van der Waals surface area contributed by atoms with Gasteiger partial charge in [-0.3, -0.25) is 9.97 Å². The molecule has 0 N–H and O–H groups in total. The van der Waals surface area contributed by atoms with Crippen LogP contribution in [-0.4, -0.2) is 57.6 Å². The predicted molar refractivity (Wildman–Crippen MR) is 99.8 cm³/mol. The van der Waals surface area contributed by atoms with Crippen LogP contribution in [0.15, 0.2) is 41.5 Å². The van der Waals surface area contributed by atoms with E-state index in [0.717, 1.165) is 66.9 Å². The lowest BCUT2D eigenvalue weighted by molar-refractivity contribution is 0.270. The maximum Gasteiger partial charge on any atom is 0.225 e. The summed E-state index contributed by atoms with van der Waals surface area (Å²) in [7, 11) is 0. The zero-order chi connectivity index (χ0) is 17.9. The van der Waals surface area contributed by atoms with E-state index in [0.29, 0.717) is 0 Å². The molecule has 0 bridgehead atoms. The smallest absolute Gasteiger partial charge is 0.225 e. The first-order chi connectivity index (χ1) is 12.8. The van der Waals surface area contributed by atoms with Gasteiger partial charge >= 0.3 is 0 Å². The highest BCUT2D eigenvalue weighted by Gasteiger charge is 2.21. The van der Waals surface area contributed by atoms with Crippen molar-refractivity contribution in [3.63, 3.8) is 0 Å². The Morgan fingerprint density at radius 1 is 1.04 bits per heavy atom. The van der Waals surface area contributed by atoms with Crippen LogP contribution in [0, 0.1) is 6.92 Å². The van der Waals surface area contributed by atoms with E-state index in [9.17, 15) is 0 Å². The van der Waals surface area contributed by atoms with Crippen LogP contribution in [0.3, 0.4) is 0 Å². The highest BCUT2D eigenvalue weighted by Crippen LogP contribution is 2.32. The SMILES string of the molecule is CCN1CCN(c2ncc(-c3cnccn3)c(-c3ccoc3C)n2)CC1. The minimum Gasteiger partial charge on any atom is -0.469 e. The van der Waals surface area contributed by atoms with Gasteiger partial charge in [-0.2, -0.15) is 0 Å². The van der Waals surface area contributed by atoms with Crippen LogP contribution in [0.5, 0.6) is 0 Å². The molecule has 0 amide bonds. The molecule has 3 aromatic heterocycles. The lowest BCUT2D eigenvalue weighted by Crippen LogP contribution is -2.46. The molecular formula is C19H22N6O. The quantitative estimate of drug-likeness (QED) is 0.716. The Labute approximate surface area is 152 Å². The average molecular weight is 350 g/mol. The molecule has 0 unspecified atom stereocenters. The summed E-state index contributed by atoms with van der Waals surface area (Å²) in [5.41, 5.74) is 3.41. The summed E-state index contributed by atoms with van der Waals surface area (Å²) in [6.45, 7) is 9.15. The van der Waals surface area contributed by atoms with Gasteiger partial charge in [-0.05, 0) is 19.5 Å². The number of furan rings is 1. The van der Waals surface area contributed by atoms with Crippen molar-refractivity contribution in [1.29, 1.82) is 0 Å². The number of piperazine rings is 1. The van der Waals surface area contributed by atoms with Crippen LogP contribution in [0.1, 0.15) is 12.7 Å². The van der Waals surface area contributed by atoms with Gasteiger partial charge in [-0.1, -0.05) is 6.92 Å². The number of hydrogen-bond donors (Lipinski definition) is 0. The molecule has 4 heterocycles. The number of aryl methyl sites for hydroxylation is 1. The highest BCUT2D eigenvalue weighted by molar-refractivity contribution is 5.79. The van der Waals surface area contributed by atoms with Crippen molar-refractivity contribution < 1.29 is 4.42 Å². The molecule has 0 radical (unpaired) electrons. The van der Waals surface area contributed by atoms with Crippen LogP contribution in [0.4, 0.5) is 5.95 Å². The molecule has 26 heavy (non-hydrogen) atoms. The molecule has 0 atom stereocenters. The van der Waals surface area contributed by atoms with Crippen molar-refractivity contribution in [1.82, 2.24) is 24.8 Å². The molecule has 1 aliphatic rings. The summed E-state index contributed by atoms with van der Waals surface area (Å²) in [5.74, 6) is 1.58. The fourth-order valence-electron chi connectivity index (χ4n) is 3.25. The number of aromatic nitrogens is 4. The Morgan fingerprint density at radius 3 is 2.54 bits per heavy atom. The molecule has 4 rings (SSSR count). The van der Waals surface area contributed by atoms with E-state index >= 15 is 0 Å². The third kappa shape index (κ3) is 3.17. The summed E-state index contributed by atoms with van der Waals surface area (Å²) in [4.78, 5) is 22.8.